The van der Waals surface area contributed by atoms with E-state index < -0.39 is 0 Å². The van der Waals surface area contributed by atoms with Gasteiger partial charge in [-0.25, -0.2) is 4.79 Å². The molecule has 0 amide bonds. The maximum absolute atomic E-state index is 12.0. The van der Waals surface area contributed by atoms with E-state index in [1.165, 1.54) is 6.08 Å². The lowest BCUT2D eigenvalue weighted by Gasteiger charge is -2.09. The van der Waals surface area contributed by atoms with Crippen LogP contribution in [-0.2, 0) is 14.3 Å². The molecule has 1 aliphatic rings. The normalized spacial score (nSPS) is 14.6. The first-order valence-electron chi connectivity index (χ1n) is 7.16. The summed E-state index contributed by atoms with van der Waals surface area (Å²) in [5, 5.41) is 2.62. The Balaban J connectivity index is 2.26. The fraction of sp³-hybridized carbons (Fsp3) is 0.167. The SMILES string of the molecule is CCOC(=O)/C=C1/c2ccc(Cl)cc2C=C(OC)c2sccc21. The summed E-state index contributed by atoms with van der Waals surface area (Å²) in [7, 11) is 1.64. The predicted molar refractivity (Wildman–Crippen MR) is 94.4 cm³/mol. The molecule has 2 aromatic rings. The zero-order valence-electron chi connectivity index (χ0n) is 12.8. The highest BCUT2D eigenvalue weighted by Gasteiger charge is 2.22. The molecule has 0 radical (unpaired) electrons. The van der Waals surface area contributed by atoms with E-state index in [0.717, 1.165) is 32.9 Å². The maximum Gasteiger partial charge on any atom is 0.331 e. The summed E-state index contributed by atoms with van der Waals surface area (Å²) in [6.45, 7) is 2.13. The number of benzene rings is 1. The second-order valence-electron chi connectivity index (χ2n) is 4.92. The quantitative estimate of drug-likeness (QED) is 0.588. The number of esters is 1. The lowest BCUT2D eigenvalue weighted by molar-refractivity contribution is -0.137. The number of hydrogen-bond acceptors (Lipinski definition) is 4. The van der Waals surface area contributed by atoms with Crippen molar-refractivity contribution >= 4 is 46.3 Å². The molecule has 0 unspecified atom stereocenters. The van der Waals surface area contributed by atoms with Crippen LogP contribution in [0.25, 0.3) is 17.4 Å². The lowest BCUT2D eigenvalue weighted by atomic mass is 9.96. The van der Waals surface area contributed by atoms with Gasteiger partial charge < -0.3 is 9.47 Å². The summed E-state index contributed by atoms with van der Waals surface area (Å²) < 4.78 is 10.6. The Kier molecular flexibility index (Phi) is 4.55. The van der Waals surface area contributed by atoms with Gasteiger partial charge in [0, 0.05) is 16.7 Å². The number of halogens is 1. The summed E-state index contributed by atoms with van der Waals surface area (Å²) in [5.41, 5.74) is 3.61. The number of thiophene rings is 1. The average Bonchev–Trinajstić information content (AvgIpc) is 2.96. The lowest BCUT2D eigenvalue weighted by Crippen LogP contribution is -2.02. The molecule has 1 aromatic heterocycles. The fourth-order valence-electron chi connectivity index (χ4n) is 2.57. The summed E-state index contributed by atoms with van der Waals surface area (Å²) in [5.74, 6) is 0.396. The molecular weight excluding hydrogens is 332 g/mol. The molecule has 3 rings (SSSR count). The van der Waals surface area contributed by atoms with Gasteiger partial charge in [0.15, 0.2) is 0 Å². The van der Waals surface area contributed by atoms with E-state index in [4.69, 9.17) is 21.1 Å². The van der Waals surface area contributed by atoms with Gasteiger partial charge in [-0.15, -0.1) is 11.3 Å². The monoisotopic (exact) mass is 346 g/mol. The van der Waals surface area contributed by atoms with Crippen LogP contribution in [0.2, 0.25) is 5.02 Å². The Labute approximate surface area is 143 Å². The number of hydrogen-bond donors (Lipinski definition) is 0. The molecule has 0 saturated carbocycles. The molecule has 0 N–H and O–H groups in total. The van der Waals surface area contributed by atoms with Crippen LogP contribution in [0.5, 0.6) is 0 Å². The molecule has 0 fully saturated rings. The van der Waals surface area contributed by atoms with Crippen LogP contribution < -0.4 is 0 Å². The van der Waals surface area contributed by atoms with E-state index in [0.29, 0.717) is 11.6 Å². The Morgan fingerprint density at radius 1 is 1.30 bits per heavy atom. The molecule has 118 valence electrons. The molecule has 0 atom stereocenters. The summed E-state index contributed by atoms with van der Waals surface area (Å²) >= 11 is 7.70. The van der Waals surface area contributed by atoms with Gasteiger partial charge in [0.1, 0.15) is 5.76 Å². The Morgan fingerprint density at radius 3 is 2.87 bits per heavy atom. The molecule has 0 bridgehead atoms. The molecular formula is C18H15ClO3S. The van der Waals surface area contributed by atoms with E-state index in [2.05, 4.69) is 0 Å². The van der Waals surface area contributed by atoms with Crippen LogP contribution in [-0.4, -0.2) is 19.7 Å². The van der Waals surface area contributed by atoms with Crippen molar-refractivity contribution in [3.63, 3.8) is 0 Å². The second-order valence-corrected chi connectivity index (χ2v) is 6.27. The number of ether oxygens (including phenoxy) is 2. The Bertz CT molecular complexity index is 817. The standard InChI is InChI=1S/C18H15ClO3S/c1-3-22-17(20)10-15-13-5-4-12(19)8-11(13)9-16(21-2)18-14(15)6-7-23-18/h4-10H,3H2,1-2H3/b15-10-. The van der Waals surface area contributed by atoms with Crippen LogP contribution in [0, 0.1) is 0 Å². The van der Waals surface area contributed by atoms with Crippen molar-refractivity contribution in [3.05, 3.63) is 62.3 Å². The van der Waals surface area contributed by atoms with Gasteiger partial charge >= 0.3 is 5.97 Å². The summed E-state index contributed by atoms with van der Waals surface area (Å²) in [6, 6.07) is 7.59. The third-order valence-corrected chi connectivity index (χ3v) is 4.70. The number of carbonyl (C=O) groups is 1. The fourth-order valence-corrected chi connectivity index (χ4v) is 3.66. The summed E-state index contributed by atoms with van der Waals surface area (Å²) in [4.78, 5) is 13.0. The Morgan fingerprint density at radius 2 is 2.13 bits per heavy atom. The molecule has 0 spiro atoms. The van der Waals surface area contributed by atoms with E-state index in [1.54, 1.807) is 25.4 Å². The van der Waals surface area contributed by atoms with Crippen LogP contribution >= 0.6 is 22.9 Å². The first-order valence-corrected chi connectivity index (χ1v) is 8.42. The van der Waals surface area contributed by atoms with Gasteiger partial charge in [-0.05, 0) is 53.3 Å². The number of rotatable bonds is 3. The molecule has 0 aliphatic heterocycles. The third-order valence-electron chi connectivity index (χ3n) is 3.54. The highest BCUT2D eigenvalue weighted by molar-refractivity contribution is 7.11. The third kappa shape index (κ3) is 3.05. The first kappa shape index (κ1) is 15.8. The zero-order valence-corrected chi connectivity index (χ0v) is 14.3. The molecule has 1 heterocycles. The van der Waals surface area contributed by atoms with Crippen molar-refractivity contribution in [1.82, 2.24) is 0 Å². The number of methoxy groups -OCH3 is 1. The molecule has 1 aromatic carbocycles. The van der Waals surface area contributed by atoms with Crippen molar-refractivity contribution in [2.24, 2.45) is 0 Å². The van der Waals surface area contributed by atoms with Crippen molar-refractivity contribution in [3.8, 4) is 0 Å². The van der Waals surface area contributed by atoms with Crippen molar-refractivity contribution < 1.29 is 14.3 Å². The average molecular weight is 347 g/mol. The highest BCUT2D eigenvalue weighted by atomic mass is 35.5. The molecule has 23 heavy (non-hydrogen) atoms. The van der Waals surface area contributed by atoms with Crippen LogP contribution in [0.4, 0.5) is 0 Å². The van der Waals surface area contributed by atoms with E-state index in [1.807, 2.05) is 35.7 Å². The zero-order chi connectivity index (χ0) is 16.4. The van der Waals surface area contributed by atoms with Gasteiger partial charge in [-0.2, -0.15) is 0 Å². The Hall–Kier alpha value is -2.04. The maximum atomic E-state index is 12.0. The van der Waals surface area contributed by atoms with Gasteiger partial charge in [-0.1, -0.05) is 17.7 Å². The smallest absolute Gasteiger partial charge is 0.331 e. The van der Waals surface area contributed by atoms with Gasteiger partial charge in [0.2, 0.25) is 0 Å². The van der Waals surface area contributed by atoms with Crippen LogP contribution in [0.3, 0.4) is 0 Å². The molecule has 3 nitrogen and oxygen atoms in total. The predicted octanol–water partition coefficient (Wildman–Crippen LogP) is 4.85. The number of fused-ring (bicyclic) bond motifs is 2. The topological polar surface area (TPSA) is 35.5 Å². The first-order chi connectivity index (χ1) is 11.1. The summed E-state index contributed by atoms with van der Waals surface area (Å²) in [6.07, 6.45) is 3.48. The molecule has 5 heteroatoms. The highest BCUT2D eigenvalue weighted by Crippen LogP contribution is 2.40. The van der Waals surface area contributed by atoms with Crippen molar-refractivity contribution in [2.75, 3.05) is 13.7 Å². The van der Waals surface area contributed by atoms with Gasteiger partial charge in [-0.3, -0.25) is 0 Å². The van der Waals surface area contributed by atoms with Crippen LogP contribution in [0.15, 0.2) is 35.7 Å². The molecule has 0 saturated heterocycles. The van der Waals surface area contributed by atoms with Crippen molar-refractivity contribution in [2.45, 2.75) is 6.92 Å². The van der Waals surface area contributed by atoms with E-state index in [-0.39, 0.29) is 5.97 Å². The van der Waals surface area contributed by atoms with Crippen LogP contribution in [0.1, 0.15) is 28.5 Å². The van der Waals surface area contributed by atoms with E-state index >= 15 is 0 Å². The molecule has 1 aliphatic carbocycles. The largest absolute Gasteiger partial charge is 0.495 e. The second kappa shape index (κ2) is 6.60. The minimum atomic E-state index is -0.360. The number of carbonyl (C=O) groups excluding carboxylic acids is 1. The van der Waals surface area contributed by atoms with Gasteiger partial charge in [0.05, 0.1) is 18.6 Å². The minimum Gasteiger partial charge on any atom is -0.495 e. The van der Waals surface area contributed by atoms with E-state index in [9.17, 15) is 4.79 Å². The minimum absolute atomic E-state index is 0.341. The van der Waals surface area contributed by atoms with Gasteiger partial charge in [0.25, 0.3) is 0 Å². The van der Waals surface area contributed by atoms with Crippen molar-refractivity contribution in [1.29, 1.82) is 0 Å².